The number of carbonyl (C=O) groups is 2. The first kappa shape index (κ1) is 18.8. The molecule has 1 saturated carbocycles. The zero-order valence-electron chi connectivity index (χ0n) is 14.9. The van der Waals surface area contributed by atoms with Gasteiger partial charge in [0.05, 0.1) is 5.92 Å². The minimum atomic E-state index is -0.739. The number of benzene rings is 1. The molecule has 0 saturated heterocycles. The van der Waals surface area contributed by atoms with Gasteiger partial charge in [-0.15, -0.1) is 11.8 Å². The van der Waals surface area contributed by atoms with E-state index in [9.17, 15) is 9.59 Å². The lowest BCUT2D eigenvalue weighted by molar-refractivity contribution is -0.143. The summed E-state index contributed by atoms with van der Waals surface area (Å²) in [5.41, 5.74) is 1.90. The third-order valence-corrected chi connectivity index (χ3v) is 5.43. The average molecular weight is 349 g/mol. The van der Waals surface area contributed by atoms with E-state index in [0.717, 1.165) is 11.3 Å². The SMILES string of the molecule is Cc1cc(SC(C)(C)C)ccc1NC(=O)C1CCC(C(=O)O)CC1. The lowest BCUT2D eigenvalue weighted by atomic mass is 9.81. The molecule has 0 aliphatic heterocycles. The molecule has 0 spiro atoms. The van der Waals surface area contributed by atoms with Crippen molar-refractivity contribution in [2.45, 2.75) is 63.0 Å². The Morgan fingerprint density at radius 1 is 1.12 bits per heavy atom. The van der Waals surface area contributed by atoms with E-state index in [2.05, 4.69) is 32.2 Å². The highest BCUT2D eigenvalue weighted by Crippen LogP contribution is 2.34. The Morgan fingerprint density at radius 2 is 1.71 bits per heavy atom. The molecule has 0 aromatic heterocycles. The largest absolute Gasteiger partial charge is 0.481 e. The van der Waals surface area contributed by atoms with Crippen LogP contribution >= 0.6 is 11.8 Å². The van der Waals surface area contributed by atoms with Gasteiger partial charge in [-0.1, -0.05) is 20.8 Å². The number of rotatable bonds is 4. The zero-order chi connectivity index (χ0) is 17.9. The molecular formula is C19H27NO3S. The van der Waals surface area contributed by atoms with Crippen LogP contribution < -0.4 is 5.32 Å². The maximum atomic E-state index is 12.4. The molecule has 1 aromatic rings. The molecule has 0 unspecified atom stereocenters. The molecular weight excluding hydrogens is 322 g/mol. The van der Waals surface area contributed by atoms with Gasteiger partial charge in [0.25, 0.3) is 0 Å². The molecule has 1 aliphatic rings. The van der Waals surface area contributed by atoms with Crippen LogP contribution in [0.25, 0.3) is 0 Å². The normalized spacial score (nSPS) is 21.3. The number of thioether (sulfide) groups is 1. The van der Waals surface area contributed by atoms with E-state index < -0.39 is 5.97 Å². The maximum absolute atomic E-state index is 12.4. The Balaban J connectivity index is 1.96. The fourth-order valence-corrected chi connectivity index (χ4v) is 4.11. The number of anilines is 1. The van der Waals surface area contributed by atoms with Gasteiger partial charge in [-0.05, 0) is 56.4 Å². The summed E-state index contributed by atoms with van der Waals surface area (Å²) in [7, 11) is 0. The molecule has 0 atom stereocenters. The summed E-state index contributed by atoms with van der Waals surface area (Å²) in [6.07, 6.45) is 2.49. The van der Waals surface area contributed by atoms with Crippen molar-refractivity contribution in [3.05, 3.63) is 23.8 Å². The number of aryl methyl sites for hydroxylation is 1. The summed E-state index contributed by atoms with van der Waals surface area (Å²) < 4.78 is 0.153. The molecule has 1 aliphatic carbocycles. The minimum Gasteiger partial charge on any atom is -0.481 e. The first-order valence-electron chi connectivity index (χ1n) is 8.49. The first-order chi connectivity index (χ1) is 11.2. The Morgan fingerprint density at radius 3 is 2.21 bits per heavy atom. The van der Waals surface area contributed by atoms with E-state index in [-0.39, 0.29) is 22.5 Å². The second-order valence-electron chi connectivity index (χ2n) is 7.57. The molecule has 132 valence electrons. The standard InChI is InChI=1S/C19H27NO3S/c1-12-11-15(24-19(2,3)4)9-10-16(12)20-17(21)13-5-7-14(8-6-13)18(22)23/h9-11,13-14H,5-8H2,1-4H3,(H,20,21)(H,22,23). The van der Waals surface area contributed by atoms with Crippen LogP contribution in [0.5, 0.6) is 0 Å². The fraction of sp³-hybridized carbons (Fsp3) is 0.579. The van der Waals surface area contributed by atoms with Crippen LogP contribution in [0.2, 0.25) is 0 Å². The van der Waals surface area contributed by atoms with E-state index in [1.54, 1.807) is 11.8 Å². The van der Waals surface area contributed by atoms with Crippen molar-refractivity contribution < 1.29 is 14.7 Å². The predicted octanol–water partition coefficient (Wildman–Crippen LogP) is 4.72. The van der Waals surface area contributed by atoms with Crippen molar-refractivity contribution in [3.8, 4) is 0 Å². The quantitative estimate of drug-likeness (QED) is 0.772. The molecule has 24 heavy (non-hydrogen) atoms. The lowest BCUT2D eigenvalue weighted by Gasteiger charge is -2.25. The van der Waals surface area contributed by atoms with Gasteiger partial charge < -0.3 is 10.4 Å². The predicted molar refractivity (Wildman–Crippen MR) is 98.5 cm³/mol. The van der Waals surface area contributed by atoms with Crippen LogP contribution in [0.4, 0.5) is 5.69 Å². The van der Waals surface area contributed by atoms with Gasteiger partial charge in [-0.25, -0.2) is 0 Å². The Bertz CT molecular complexity index is 614. The van der Waals surface area contributed by atoms with E-state index in [1.165, 1.54) is 4.90 Å². The molecule has 2 N–H and O–H groups in total. The van der Waals surface area contributed by atoms with Crippen molar-refractivity contribution in [3.63, 3.8) is 0 Å². The Hall–Kier alpha value is -1.49. The summed E-state index contributed by atoms with van der Waals surface area (Å²) in [4.78, 5) is 24.6. The number of nitrogens with one attached hydrogen (secondary N) is 1. The number of carboxylic acids is 1. The molecule has 1 aromatic carbocycles. The highest BCUT2D eigenvalue weighted by Gasteiger charge is 2.29. The minimum absolute atomic E-state index is 0.0122. The van der Waals surface area contributed by atoms with Crippen LogP contribution in [-0.4, -0.2) is 21.7 Å². The summed E-state index contributed by atoms with van der Waals surface area (Å²) in [6.45, 7) is 8.53. The molecule has 0 bridgehead atoms. The van der Waals surface area contributed by atoms with Crippen molar-refractivity contribution in [1.29, 1.82) is 0 Å². The van der Waals surface area contributed by atoms with Gasteiger partial charge in [0.15, 0.2) is 0 Å². The second kappa shape index (κ2) is 7.60. The number of hydrogen-bond donors (Lipinski definition) is 2. The molecule has 5 heteroatoms. The number of hydrogen-bond acceptors (Lipinski definition) is 3. The van der Waals surface area contributed by atoms with Crippen molar-refractivity contribution in [2.75, 3.05) is 5.32 Å². The van der Waals surface area contributed by atoms with E-state index in [4.69, 9.17) is 5.11 Å². The summed E-state index contributed by atoms with van der Waals surface area (Å²) >= 11 is 1.81. The van der Waals surface area contributed by atoms with Crippen molar-refractivity contribution in [1.82, 2.24) is 0 Å². The average Bonchev–Trinajstić information content (AvgIpc) is 2.48. The van der Waals surface area contributed by atoms with E-state index in [1.807, 2.05) is 19.1 Å². The van der Waals surface area contributed by atoms with Gasteiger partial charge in [-0.3, -0.25) is 9.59 Å². The molecule has 4 nitrogen and oxygen atoms in total. The van der Waals surface area contributed by atoms with Gasteiger partial charge in [0.2, 0.25) is 5.91 Å². The van der Waals surface area contributed by atoms with Gasteiger partial charge in [0, 0.05) is 21.2 Å². The monoisotopic (exact) mass is 349 g/mol. The molecule has 0 heterocycles. The third kappa shape index (κ3) is 5.26. The van der Waals surface area contributed by atoms with Crippen LogP contribution in [0, 0.1) is 18.8 Å². The fourth-order valence-electron chi connectivity index (χ4n) is 3.03. The summed E-state index contributed by atoms with van der Waals surface area (Å²) in [5, 5.41) is 12.1. The van der Waals surface area contributed by atoms with Crippen molar-refractivity contribution >= 4 is 29.3 Å². The smallest absolute Gasteiger partial charge is 0.306 e. The van der Waals surface area contributed by atoms with Crippen LogP contribution in [0.15, 0.2) is 23.1 Å². The number of carboxylic acid groups (broad SMARTS) is 1. The Kier molecular flexibility index (Phi) is 5.97. The summed E-state index contributed by atoms with van der Waals surface area (Å²) in [6, 6.07) is 6.11. The van der Waals surface area contributed by atoms with Crippen molar-refractivity contribution in [2.24, 2.45) is 11.8 Å². The third-order valence-electron chi connectivity index (χ3n) is 4.33. The number of aliphatic carboxylic acids is 1. The topological polar surface area (TPSA) is 66.4 Å². The second-order valence-corrected chi connectivity index (χ2v) is 9.47. The van der Waals surface area contributed by atoms with Gasteiger partial charge in [-0.2, -0.15) is 0 Å². The molecule has 0 radical (unpaired) electrons. The molecule has 1 fully saturated rings. The van der Waals surface area contributed by atoms with E-state index >= 15 is 0 Å². The lowest BCUT2D eigenvalue weighted by Crippen LogP contribution is -2.29. The molecule has 1 amide bonds. The molecule has 2 rings (SSSR count). The zero-order valence-corrected chi connectivity index (χ0v) is 15.7. The maximum Gasteiger partial charge on any atom is 0.306 e. The van der Waals surface area contributed by atoms with Crippen LogP contribution in [-0.2, 0) is 9.59 Å². The van der Waals surface area contributed by atoms with Gasteiger partial charge in [0.1, 0.15) is 0 Å². The number of carbonyl (C=O) groups excluding carboxylic acids is 1. The summed E-state index contributed by atoms with van der Waals surface area (Å²) in [5.74, 6) is -1.09. The Labute approximate surface area is 148 Å². The highest BCUT2D eigenvalue weighted by atomic mass is 32.2. The highest BCUT2D eigenvalue weighted by molar-refractivity contribution is 8.00. The first-order valence-corrected chi connectivity index (χ1v) is 9.30. The van der Waals surface area contributed by atoms with Gasteiger partial charge >= 0.3 is 5.97 Å². The van der Waals surface area contributed by atoms with Crippen LogP contribution in [0.1, 0.15) is 52.0 Å². The number of amides is 1. The van der Waals surface area contributed by atoms with Crippen LogP contribution in [0.3, 0.4) is 0 Å². The van der Waals surface area contributed by atoms with E-state index in [0.29, 0.717) is 25.7 Å².